The second-order valence-corrected chi connectivity index (χ2v) is 5.79. The van der Waals surface area contributed by atoms with Crippen LogP contribution in [0, 0.1) is 5.92 Å². The Morgan fingerprint density at radius 1 is 1.44 bits per heavy atom. The van der Waals surface area contributed by atoms with Crippen LogP contribution in [0.3, 0.4) is 0 Å². The summed E-state index contributed by atoms with van der Waals surface area (Å²) in [6.45, 7) is 10.4. The van der Waals surface area contributed by atoms with E-state index in [9.17, 15) is 4.79 Å². The highest BCUT2D eigenvalue weighted by molar-refractivity contribution is 5.81. The fourth-order valence-electron chi connectivity index (χ4n) is 2.57. The van der Waals surface area contributed by atoms with E-state index < -0.39 is 0 Å². The molecule has 18 heavy (non-hydrogen) atoms. The molecule has 0 bridgehead atoms. The molecule has 2 N–H and O–H groups in total. The summed E-state index contributed by atoms with van der Waals surface area (Å²) in [4.78, 5) is 14.2. The standard InChI is InChI=1S/C14H29N3O/c1-6-7-15-14(18)12(4)16-13-8-11(3)17(5)9-10(13)2/h10-13,16H,6-9H2,1-5H3,(H,15,18). The predicted molar refractivity (Wildman–Crippen MR) is 75.6 cm³/mol. The Hall–Kier alpha value is -0.610. The van der Waals surface area contributed by atoms with Crippen molar-refractivity contribution in [1.82, 2.24) is 15.5 Å². The van der Waals surface area contributed by atoms with E-state index in [1.54, 1.807) is 0 Å². The first kappa shape index (κ1) is 15.4. The fraction of sp³-hybridized carbons (Fsp3) is 0.929. The van der Waals surface area contributed by atoms with Gasteiger partial charge in [-0.2, -0.15) is 0 Å². The number of amides is 1. The lowest BCUT2D eigenvalue weighted by atomic mass is 9.89. The van der Waals surface area contributed by atoms with Gasteiger partial charge in [-0.3, -0.25) is 4.79 Å². The topological polar surface area (TPSA) is 44.4 Å². The number of carbonyl (C=O) groups is 1. The molecule has 1 aliphatic rings. The lowest BCUT2D eigenvalue weighted by Gasteiger charge is -2.41. The molecule has 0 saturated carbocycles. The molecule has 1 fully saturated rings. The van der Waals surface area contributed by atoms with Gasteiger partial charge in [-0.25, -0.2) is 0 Å². The van der Waals surface area contributed by atoms with Crippen molar-refractivity contribution in [1.29, 1.82) is 0 Å². The number of piperidine rings is 1. The van der Waals surface area contributed by atoms with Gasteiger partial charge >= 0.3 is 0 Å². The van der Waals surface area contributed by atoms with Crippen LogP contribution in [0.1, 0.15) is 40.5 Å². The van der Waals surface area contributed by atoms with Crippen molar-refractivity contribution in [3.63, 3.8) is 0 Å². The first-order valence-electron chi connectivity index (χ1n) is 7.19. The Kier molecular flexibility index (Phi) is 6.09. The molecule has 1 rings (SSSR count). The van der Waals surface area contributed by atoms with E-state index in [1.807, 2.05) is 6.92 Å². The Balaban J connectivity index is 2.43. The summed E-state index contributed by atoms with van der Waals surface area (Å²) in [5.74, 6) is 0.711. The van der Waals surface area contributed by atoms with Crippen LogP contribution < -0.4 is 10.6 Å². The molecule has 4 nitrogen and oxygen atoms in total. The highest BCUT2D eigenvalue weighted by Gasteiger charge is 2.30. The zero-order chi connectivity index (χ0) is 13.7. The predicted octanol–water partition coefficient (Wildman–Crippen LogP) is 1.22. The van der Waals surface area contributed by atoms with Gasteiger partial charge in [-0.15, -0.1) is 0 Å². The van der Waals surface area contributed by atoms with Crippen LogP contribution in [0.4, 0.5) is 0 Å². The monoisotopic (exact) mass is 255 g/mol. The Bertz CT molecular complexity index is 270. The van der Waals surface area contributed by atoms with Crippen molar-refractivity contribution >= 4 is 5.91 Å². The summed E-state index contributed by atoms with van der Waals surface area (Å²) in [6, 6.07) is 0.933. The Labute approximate surface area is 111 Å². The Morgan fingerprint density at radius 3 is 2.72 bits per heavy atom. The van der Waals surface area contributed by atoms with E-state index in [0.29, 0.717) is 18.0 Å². The molecule has 0 radical (unpaired) electrons. The van der Waals surface area contributed by atoms with Crippen LogP contribution in [0.5, 0.6) is 0 Å². The number of carbonyl (C=O) groups excluding carboxylic acids is 1. The van der Waals surface area contributed by atoms with Crippen molar-refractivity contribution in [2.75, 3.05) is 20.1 Å². The molecule has 106 valence electrons. The van der Waals surface area contributed by atoms with E-state index in [4.69, 9.17) is 0 Å². The van der Waals surface area contributed by atoms with Crippen molar-refractivity contribution < 1.29 is 4.79 Å². The lowest BCUT2D eigenvalue weighted by Crippen LogP contribution is -2.55. The number of rotatable bonds is 5. The summed E-state index contributed by atoms with van der Waals surface area (Å²) < 4.78 is 0. The van der Waals surface area contributed by atoms with Gasteiger partial charge in [0.2, 0.25) is 5.91 Å². The van der Waals surface area contributed by atoms with Crippen molar-refractivity contribution in [2.24, 2.45) is 5.92 Å². The van der Waals surface area contributed by atoms with Crippen LogP contribution in [0.25, 0.3) is 0 Å². The fourth-order valence-corrected chi connectivity index (χ4v) is 2.57. The zero-order valence-electron chi connectivity index (χ0n) is 12.5. The van der Waals surface area contributed by atoms with Crippen LogP contribution in [-0.4, -0.2) is 49.1 Å². The average Bonchev–Trinajstić information content (AvgIpc) is 2.32. The Morgan fingerprint density at radius 2 is 2.11 bits per heavy atom. The minimum atomic E-state index is -0.0976. The second-order valence-electron chi connectivity index (χ2n) is 5.79. The van der Waals surface area contributed by atoms with E-state index in [1.165, 1.54) is 0 Å². The van der Waals surface area contributed by atoms with Gasteiger partial charge in [0, 0.05) is 25.2 Å². The molecule has 1 heterocycles. The molecular formula is C14H29N3O. The number of hydrogen-bond donors (Lipinski definition) is 2. The summed E-state index contributed by atoms with van der Waals surface area (Å²) in [6.07, 6.45) is 2.10. The molecule has 0 spiro atoms. The van der Waals surface area contributed by atoms with Gasteiger partial charge in [0.15, 0.2) is 0 Å². The minimum Gasteiger partial charge on any atom is -0.355 e. The number of hydrogen-bond acceptors (Lipinski definition) is 3. The largest absolute Gasteiger partial charge is 0.355 e. The van der Waals surface area contributed by atoms with Crippen LogP contribution in [-0.2, 0) is 4.79 Å². The highest BCUT2D eigenvalue weighted by atomic mass is 16.2. The summed E-state index contributed by atoms with van der Waals surface area (Å²) in [5, 5.41) is 6.43. The number of nitrogens with zero attached hydrogens (tertiary/aromatic N) is 1. The number of likely N-dealkylation sites (tertiary alicyclic amines) is 1. The third kappa shape index (κ3) is 4.25. The van der Waals surface area contributed by atoms with Crippen molar-refractivity contribution in [3.05, 3.63) is 0 Å². The molecular weight excluding hydrogens is 226 g/mol. The summed E-state index contributed by atoms with van der Waals surface area (Å²) >= 11 is 0. The summed E-state index contributed by atoms with van der Waals surface area (Å²) in [5.41, 5.74) is 0. The van der Waals surface area contributed by atoms with Crippen LogP contribution >= 0.6 is 0 Å². The molecule has 1 saturated heterocycles. The third-order valence-electron chi connectivity index (χ3n) is 4.02. The van der Waals surface area contributed by atoms with Gasteiger partial charge < -0.3 is 15.5 Å². The van der Waals surface area contributed by atoms with E-state index >= 15 is 0 Å². The van der Waals surface area contributed by atoms with Crippen molar-refractivity contribution in [3.8, 4) is 0 Å². The van der Waals surface area contributed by atoms with Gasteiger partial charge in [-0.05, 0) is 39.7 Å². The number of nitrogens with one attached hydrogen (secondary N) is 2. The van der Waals surface area contributed by atoms with Crippen molar-refractivity contribution in [2.45, 2.75) is 58.7 Å². The van der Waals surface area contributed by atoms with E-state index in [0.717, 1.165) is 25.9 Å². The molecule has 0 aromatic rings. The SMILES string of the molecule is CCCNC(=O)C(C)NC1CC(C)N(C)CC1C. The zero-order valence-corrected chi connectivity index (χ0v) is 12.5. The summed E-state index contributed by atoms with van der Waals surface area (Å²) in [7, 11) is 2.18. The maximum atomic E-state index is 11.8. The second kappa shape index (κ2) is 7.10. The molecule has 0 aliphatic carbocycles. The minimum absolute atomic E-state index is 0.0976. The van der Waals surface area contributed by atoms with E-state index in [2.05, 4.69) is 43.4 Å². The van der Waals surface area contributed by atoms with Crippen LogP contribution in [0.2, 0.25) is 0 Å². The van der Waals surface area contributed by atoms with Gasteiger partial charge in [0.05, 0.1) is 6.04 Å². The first-order chi connectivity index (χ1) is 8.45. The molecule has 0 aromatic carbocycles. The molecule has 4 unspecified atom stereocenters. The van der Waals surface area contributed by atoms with E-state index in [-0.39, 0.29) is 11.9 Å². The van der Waals surface area contributed by atoms with Gasteiger partial charge in [-0.1, -0.05) is 13.8 Å². The molecule has 1 amide bonds. The molecule has 4 atom stereocenters. The normalized spacial score (nSPS) is 31.1. The molecule has 4 heteroatoms. The molecule has 0 aromatic heterocycles. The highest BCUT2D eigenvalue weighted by Crippen LogP contribution is 2.21. The smallest absolute Gasteiger partial charge is 0.236 e. The average molecular weight is 255 g/mol. The third-order valence-corrected chi connectivity index (χ3v) is 4.02. The lowest BCUT2D eigenvalue weighted by molar-refractivity contribution is -0.123. The van der Waals surface area contributed by atoms with Crippen LogP contribution in [0.15, 0.2) is 0 Å². The maximum Gasteiger partial charge on any atom is 0.236 e. The quantitative estimate of drug-likeness (QED) is 0.776. The van der Waals surface area contributed by atoms with Gasteiger partial charge in [0.25, 0.3) is 0 Å². The molecule has 1 aliphatic heterocycles. The first-order valence-corrected chi connectivity index (χ1v) is 7.19. The maximum absolute atomic E-state index is 11.8. The van der Waals surface area contributed by atoms with Gasteiger partial charge in [0.1, 0.15) is 0 Å².